The lowest BCUT2D eigenvalue weighted by molar-refractivity contribution is 0.415. The van der Waals surface area contributed by atoms with Crippen molar-refractivity contribution in [2.24, 2.45) is 7.05 Å². The Hall–Kier alpha value is -1.97. The van der Waals surface area contributed by atoms with E-state index in [1.807, 2.05) is 20.0 Å². The Morgan fingerprint density at radius 2 is 1.85 bits per heavy atom. The minimum absolute atomic E-state index is 0.00539. The van der Waals surface area contributed by atoms with E-state index in [-0.39, 0.29) is 5.41 Å². The molecule has 2 rings (SSSR count). The van der Waals surface area contributed by atoms with Gasteiger partial charge in [-0.15, -0.1) is 0 Å². The molecule has 4 heteroatoms. The van der Waals surface area contributed by atoms with Crippen molar-refractivity contribution in [2.75, 3.05) is 5.73 Å². The maximum Gasteiger partial charge on any atom is 0.241 e. The van der Waals surface area contributed by atoms with Gasteiger partial charge in [0.15, 0.2) is 0 Å². The summed E-state index contributed by atoms with van der Waals surface area (Å²) < 4.78 is 7.75. The molecule has 4 nitrogen and oxygen atoms in total. The molecule has 0 spiro atoms. The maximum absolute atomic E-state index is 6.07. The van der Waals surface area contributed by atoms with Crippen molar-refractivity contribution in [2.45, 2.75) is 40.0 Å². The Bertz CT molecular complexity index is 636. The summed E-state index contributed by atoms with van der Waals surface area (Å²) in [6, 6.07) is 6.26. The van der Waals surface area contributed by atoms with Crippen LogP contribution in [-0.2, 0) is 12.5 Å². The number of nitrogen functional groups attached to an aromatic ring is 1. The van der Waals surface area contributed by atoms with E-state index in [4.69, 9.17) is 10.5 Å². The standard InChI is InChI=1S/C16H23N3O/c1-10-7-8-12(16(3,4)5)13(9-10)20-15-14(17)11(2)18-19(15)6/h7-9H,17H2,1-6H3. The van der Waals surface area contributed by atoms with E-state index >= 15 is 0 Å². The summed E-state index contributed by atoms with van der Waals surface area (Å²) in [6.07, 6.45) is 0. The van der Waals surface area contributed by atoms with Gasteiger partial charge >= 0.3 is 0 Å². The van der Waals surface area contributed by atoms with Crippen LogP contribution in [0.1, 0.15) is 37.6 Å². The number of benzene rings is 1. The Morgan fingerprint density at radius 3 is 2.35 bits per heavy atom. The first-order chi connectivity index (χ1) is 9.20. The molecule has 0 saturated carbocycles. The predicted octanol–water partition coefficient (Wildman–Crippen LogP) is 3.71. The van der Waals surface area contributed by atoms with Crippen LogP contribution >= 0.6 is 0 Å². The van der Waals surface area contributed by atoms with Crippen LogP contribution in [0.3, 0.4) is 0 Å². The van der Waals surface area contributed by atoms with Crippen LogP contribution in [0.15, 0.2) is 18.2 Å². The summed E-state index contributed by atoms with van der Waals surface area (Å²) in [5.74, 6) is 1.44. The molecule has 108 valence electrons. The third-order valence-electron chi connectivity index (χ3n) is 3.37. The van der Waals surface area contributed by atoms with E-state index in [0.717, 1.165) is 22.6 Å². The number of nitrogens with zero attached hydrogens (tertiary/aromatic N) is 2. The van der Waals surface area contributed by atoms with Crippen LogP contribution in [0.5, 0.6) is 11.6 Å². The second-order valence-corrected chi connectivity index (χ2v) is 6.28. The van der Waals surface area contributed by atoms with Crippen LogP contribution in [0, 0.1) is 13.8 Å². The van der Waals surface area contributed by atoms with Gasteiger partial charge in [-0.2, -0.15) is 5.10 Å². The fourth-order valence-electron chi connectivity index (χ4n) is 2.21. The number of aryl methyl sites for hydroxylation is 3. The zero-order chi connectivity index (χ0) is 15.1. The highest BCUT2D eigenvalue weighted by atomic mass is 16.5. The Kier molecular flexibility index (Phi) is 3.50. The molecule has 1 aromatic carbocycles. The summed E-state index contributed by atoms with van der Waals surface area (Å²) in [5.41, 5.74) is 9.73. The van der Waals surface area contributed by atoms with Crippen molar-refractivity contribution in [3.8, 4) is 11.6 Å². The van der Waals surface area contributed by atoms with Crippen LogP contribution in [-0.4, -0.2) is 9.78 Å². The Labute approximate surface area is 120 Å². The van der Waals surface area contributed by atoms with Crippen LogP contribution in [0.4, 0.5) is 5.69 Å². The second kappa shape index (κ2) is 4.85. The van der Waals surface area contributed by atoms with Gasteiger partial charge < -0.3 is 10.5 Å². The molecule has 1 aromatic heterocycles. The topological polar surface area (TPSA) is 53.1 Å². The van der Waals surface area contributed by atoms with Crippen molar-refractivity contribution >= 4 is 5.69 Å². The smallest absolute Gasteiger partial charge is 0.241 e. The number of anilines is 1. The third-order valence-corrected chi connectivity index (χ3v) is 3.37. The highest BCUT2D eigenvalue weighted by molar-refractivity contribution is 5.55. The normalized spacial score (nSPS) is 11.7. The average molecular weight is 273 g/mol. The molecule has 2 aromatic rings. The summed E-state index contributed by atoms with van der Waals surface area (Å²) in [4.78, 5) is 0. The molecule has 0 bridgehead atoms. The first-order valence-electron chi connectivity index (χ1n) is 6.78. The molecule has 0 amide bonds. The molecule has 1 heterocycles. The summed E-state index contributed by atoms with van der Waals surface area (Å²) >= 11 is 0. The quantitative estimate of drug-likeness (QED) is 0.907. The molecule has 0 aliphatic carbocycles. The van der Waals surface area contributed by atoms with Crippen molar-refractivity contribution in [1.82, 2.24) is 9.78 Å². The molecule has 0 aliphatic rings. The summed E-state index contributed by atoms with van der Waals surface area (Å²) in [5, 5.41) is 4.29. The van der Waals surface area contributed by atoms with Crippen LogP contribution < -0.4 is 10.5 Å². The van der Waals surface area contributed by atoms with Gasteiger partial charge in [-0.1, -0.05) is 32.9 Å². The number of hydrogen-bond acceptors (Lipinski definition) is 3. The molecule has 0 saturated heterocycles. The number of aromatic nitrogens is 2. The third kappa shape index (κ3) is 2.64. The molecule has 0 unspecified atom stereocenters. The van der Waals surface area contributed by atoms with Crippen molar-refractivity contribution in [1.29, 1.82) is 0 Å². The number of ether oxygens (including phenoxy) is 1. The summed E-state index contributed by atoms with van der Waals surface area (Å²) in [6.45, 7) is 10.4. The molecule has 2 N–H and O–H groups in total. The minimum Gasteiger partial charge on any atom is -0.437 e. The molecule has 0 radical (unpaired) electrons. The second-order valence-electron chi connectivity index (χ2n) is 6.28. The van der Waals surface area contributed by atoms with Gasteiger partial charge in [0.05, 0.1) is 5.69 Å². The monoisotopic (exact) mass is 273 g/mol. The largest absolute Gasteiger partial charge is 0.437 e. The van der Waals surface area contributed by atoms with E-state index < -0.39 is 0 Å². The number of hydrogen-bond donors (Lipinski definition) is 1. The molecular weight excluding hydrogens is 250 g/mol. The predicted molar refractivity (Wildman–Crippen MR) is 82.3 cm³/mol. The zero-order valence-electron chi connectivity index (χ0n) is 13.1. The highest BCUT2D eigenvalue weighted by Crippen LogP contribution is 2.37. The number of rotatable bonds is 2. The average Bonchev–Trinajstić information content (AvgIpc) is 2.54. The van der Waals surface area contributed by atoms with Gasteiger partial charge in [0, 0.05) is 12.6 Å². The lowest BCUT2D eigenvalue weighted by Gasteiger charge is -2.23. The SMILES string of the molecule is Cc1ccc(C(C)(C)C)c(Oc2c(N)c(C)nn2C)c1. The van der Waals surface area contributed by atoms with E-state index in [1.165, 1.54) is 0 Å². The van der Waals surface area contributed by atoms with E-state index in [2.05, 4.69) is 44.9 Å². The lowest BCUT2D eigenvalue weighted by atomic mass is 9.86. The van der Waals surface area contributed by atoms with Crippen molar-refractivity contribution < 1.29 is 4.74 Å². The molecule has 0 aliphatic heterocycles. The van der Waals surface area contributed by atoms with E-state index in [0.29, 0.717) is 11.6 Å². The Balaban J connectivity index is 2.50. The number of nitrogens with two attached hydrogens (primary N) is 1. The maximum atomic E-state index is 6.07. The fourth-order valence-corrected chi connectivity index (χ4v) is 2.21. The first-order valence-corrected chi connectivity index (χ1v) is 6.78. The van der Waals surface area contributed by atoms with Crippen LogP contribution in [0.25, 0.3) is 0 Å². The molecule has 0 fully saturated rings. The first kappa shape index (κ1) is 14.4. The van der Waals surface area contributed by atoms with Gasteiger partial charge in [-0.25, -0.2) is 4.68 Å². The lowest BCUT2D eigenvalue weighted by Crippen LogP contribution is -2.13. The van der Waals surface area contributed by atoms with E-state index in [9.17, 15) is 0 Å². The molecule has 20 heavy (non-hydrogen) atoms. The van der Waals surface area contributed by atoms with Crippen LogP contribution in [0.2, 0.25) is 0 Å². The minimum atomic E-state index is 0.00539. The Morgan fingerprint density at radius 1 is 1.20 bits per heavy atom. The van der Waals surface area contributed by atoms with Crippen molar-refractivity contribution in [3.05, 3.63) is 35.0 Å². The highest BCUT2D eigenvalue weighted by Gasteiger charge is 2.21. The van der Waals surface area contributed by atoms with Gasteiger partial charge in [0.2, 0.25) is 5.88 Å². The van der Waals surface area contributed by atoms with Gasteiger partial charge in [-0.3, -0.25) is 0 Å². The van der Waals surface area contributed by atoms with Gasteiger partial charge in [0.25, 0.3) is 0 Å². The molecule has 0 atom stereocenters. The molecular formula is C16H23N3O. The van der Waals surface area contributed by atoms with Crippen molar-refractivity contribution in [3.63, 3.8) is 0 Å². The summed E-state index contributed by atoms with van der Waals surface area (Å²) in [7, 11) is 1.84. The van der Waals surface area contributed by atoms with Gasteiger partial charge in [0.1, 0.15) is 11.4 Å². The van der Waals surface area contributed by atoms with E-state index in [1.54, 1.807) is 4.68 Å². The van der Waals surface area contributed by atoms with Gasteiger partial charge in [-0.05, 0) is 30.9 Å². The fraction of sp³-hybridized carbons (Fsp3) is 0.438. The zero-order valence-corrected chi connectivity index (χ0v) is 13.1.